The summed E-state index contributed by atoms with van der Waals surface area (Å²) < 4.78 is 5.61. The van der Waals surface area contributed by atoms with Crippen LogP contribution in [0.4, 0.5) is 11.4 Å². The summed E-state index contributed by atoms with van der Waals surface area (Å²) in [5, 5.41) is 5.70. The Bertz CT molecular complexity index is 795. The van der Waals surface area contributed by atoms with Crippen LogP contribution in [-0.4, -0.2) is 35.6 Å². The van der Waals surface area contributed by atoms with Gasteiger partial charge in [-0.1, -0.05) is 6.07 Å². The maximum absolute atomic E-state index is 12.3. The monoisotopic (exact) mass is 354 g/mol. The molecule has 3 rings (SSSR count). The Morgan fingerprint density at radius 3 is 2.65 bits per heavy atom. The summed E-state index contributed by atoms with van der Waals surface area (Å²) in [5.41, 5.74) is 8.23. The molecule has 0 bridgehead atoms. The second-order valence-electron chi connectivity index (χ2n) is 6.27. The number of rotatable bonds is 5. The molecule has 0 spiro atoms. The normalized spacial score (nSPS) is 19.2. The summed E-state index contributed by atoms with van der Waals surface area (Å²) >= 11 is 0. The molecule has 1 saturated heterocycles. The Kier molecular flexibility index (Phi) is 5.60. The van der Waals surface area contributed by atoms with E-state index in [1.807, 2.05) is 13.0 Å². The molecule has 136 valence electrons. The van der Waals surface area contributed by atoms with Gasteiger partial charge in [0.1, 0.15) is 6.10 Å². The van der Waals surface area contributed by atoms with Crippen molar-refractivity contribution in [3.63, 3.8) is 0 Å². The van der Waals surface area contributed by atoms with E-state index >= 15 is 0 Å². The van der Waals surface area contributed by atoms with E-state index in [1.54, 1.807) is 36.7 Å². The maximum atomic E-state index is 12.3. The Balaban J connectivity index is 1.68. The Hall–Kier alpha value is -2.77. The molecule has 4 N–H and O–H groups in total. The molecular weight excluding hydrogens is 332 g/mol. The van der Waals surface area contributed by atoms with Crippen LogP contribution in [0, 0.1) is 6.92 Å². The molecule has 0 unspecified atom stereocenters. The highest BCUT2D eigenvalue weighted by Crippen LogP contribution is 2.24. The number of nitrogens with two attached hydrogens (primary N) is 1. The van der Waals surface area contributed by atoms with Gasteiger partial charge >= 0.3 is 0 Å². The molecular formula is C19H22N4O3. The fourth-order valence-corrected chi connectivity index (χ4v) is 2.83. The first-order valence-electron chi connectivity index (χ1n) is 8.55. The highest BCUT2D eigenvalue weighted by Gasteiger charge is 2.29. The summed E-state index contributed by atoms with van der Waals surface area (Å²) in [6.07, 6.45) is 4.03. The Labute approximate surface area is 151 Å². The van der Waals surface area contributed by atoms with Gasteiger partial charge in [-0.3, -0.25) is 14.6 Å². The number of hydrogen-bond acceptors (Lipinski definition) is 5. The van der Waals surface area contributed by atoms with Crippen molar-refractivity contribution in [1.82, 2.24) is 4.98 Å². The molecule has 1 aliphatic heterocycles. The van der Waals surface area contributed by atoms with Gasteiger partial charge in [-0.05, 0) is 49.6 Å². The number of nitrogens with one attached hydrogen (secondary N) is 2. The van der Waals surface area contributed by atoms with E-state index in [4.69, 9.17) is 10.5 Å². The summed E-state index contributed by atoms with van der Waals surface area (Å²) in [4.78, 5) is 28.6. The van der Waals surface area contributed by atoms with Gasteiger partial charge in [0.25, 0.3) is 11.8 Å². The maximum Gasteiger partial charge on any atom is 0.255 e. The molecule has 7 nitrogen and oxygen atoms in total. The lowest BCUT2D eigenvalue weighted by Crippen LogP contribution is -2.29. The van der Waals surface area contributed by atoms with E-state index in [0.29, 0.717) is 29.9 Å². The third-order valence-corrected chi connectivity index (χ3v) is 4.36. The van der Waals surface area contributed by atoms with Gasteiger partial charge in [0.15, 0.2) is 0 Å². The van der Waals surface area contributed by atoms with Crippen molar-refractivity contribution in [1.29, 1.82) is 0 Å². The zero-order valence-corrected chi connectivity index (χ0v) is 14.6. The Morgan fingerprint density at radius 2 is 1.96 bits per heavy atom. The van der Waals surface area contributed by atoms with E-state index in [-0.39, 0.29) is 17.9 Å². The lowest BCUT2D eigenvalue weighted by atomic mass is 10.1. The minimum Gasteiger partial charge on any atom is -0.364 e. The molecule has 2 heterocycles. The molecule has 1 aromatic heterocycles. The van der Waals surface area contributed by atoms with Gasteiger partial charge in [0.05, 0.1) is 6.10 Å². The largest absolute Gasteiger partial charge is 0.364 e. The third kappa shape index (κ3) is 4.25. The Morgan fingerprint density at radius 1 is 1.19 bits per heavy atom. The number of aryl methyl sites for hydroxylation is 1. The topological polar surface area (TPSA) is 106 Å². The first-order valence-corrected chi connectivity index (χ1v) is 8.55. The molecule has 1 fully saturated rings. The lowest BCUT2D eigenvalue weighted by Gasteiger charge is -2.14. The van der Waals surface area contributed by atoms with Crippen molar-refractivity contribution in [3.05, 3.63) is 53.9 Å². The molecule has 7 heteroatoms. The lowest BCUT2D eigenvalue weighted by molar-refractivity contribution is -0.126. The van der Waals surface area contributed by atoms with Crippen LogP contribution in [-0.2, 0) is 9.53 Å². The standard InChI is InChI=1S/C19H22N4O3/c1-12-2-3-14(22-19(25)17-5-4-15(11-20)26-17)10-16(12)23-18(24)13-6-8-21-9-7-13/h2-3,6-10,15,17H,4-5,11,20H2,1H3,(H,22,25)(H,23,24)/t15-,17+/m1/s1. The molecule has 2 atom stereocenters. The second kappa shape index (κ2) is 8.07. The molecule has 26 heavy (non-hydrogen) atoms. The van der Waals surface area contributed by atoms with Crippen molar-refractivity contribution in [2.45, 2.75) is 32.0 Å². The van der Waals surface area contributed by atoms with Crippen LogP contribution >= 0.6 is 0 Å². The van der Waals surface area contributed by atoms with Crippen molar-refractivity contribution in [2.24, 2.45) is 5.73 Å². The van der Waals surface area contributed by atoms with E-state index in [9.17, 15) is 9.59 Å². The number of hydrogen-bond donors (Lipinski definition) is 3. The SMILES string of the molecule is Cc1ccc(NC(=O)[C@@H]2CC[C@H](CN)O2)cc1NC(=O)c1ccncc1. The summed E-state index contributed by atoms with van der Waals surface area (Å²) in [7, 11) is 0. The quantitative estimate of drug-likeness (QED) is 0.762. The van der Waals surface area contributed by atoms with E-state index in [0.717, 1.165) is 12.0 Å². The molecule has 0 aliphatic carbocycles. The second-order valence-corrected chi connectivity index (χ2v) is 6.27. The molecule has 0 saturated carbocycles. The van der Waals surface area contributed by atoms with Gasteiger partial charge in [0, 0.05) is 35.9 Å². The number of nitrogens with zero attached hydrogens (tertiary/aromatic N) is 1. The highest BCUT2D eigenvalue weighted by molar-refractivity contribution is 6.05. The fraction of sp³-hybridized carbons (Fsp3) is 0.316. The zero-order valence-electron chi connectivity index (χ0n) is 14.6. The van der Waals surface area contributed by atoms with Crippen LogP contribution in [0.25, 0.3) is 0 Å². The van der Waals surface area contributed by atoms with E-state index < -0.39 is 6.10 Å². The van der Waals surface area contributed by atoms with Crippen molar-refractivity contribution in [2.75, 3.05) is 17.2 Å². The molecule has 2 amide bonds. The van der Waals surface area contributed by atoms with Crippen LogP contribution in [0.2, 0.25) is 0 Å². The van der Waals surface area contributed by atoms with Crippen LogP contribution in [0.1, 0.15) is 28.8 Å². The number of carbonyl (C=O) groups is 2. The minimum absolute atomic E-state index is 0.0565. The first kappa shape index (κ1) is 18.0. The highest BCUT2D eigenvalue weighted by atomic mass is 16.5. The van der Waals surface area contributed by atoms with Gasteiger partial charge in [-0.25, -0.2) is 0 Å². The summed E-state index contributed by atoms with van der Waals surface area (Å²) in [6.45, 7) is 2.30. The summed E-state index contributed by atoms with van der Waals surface area (Å²) in [5.74, 6) is -0.430. The third-order valence-electron chi connectivity index (χ3n) is 4.36. The van der Waals surface area contributed by atoms with E-state index in [1.165, 1.54) is 0 Å². The number of carbonyl (C=O) groups excluding carboxylic acids is 2. The number of amides is 2. The average molecular weight is 354 g/mol. The number of anilines is 2. The average Bonchev–Trinajstić information content (AvgIpc) is 3.14. The van der Waals surface area contributed by atoms with Gasteiger partial charge < -0.3 is 21.1 Å². The first-order chi connectivity index (χ1) is 12.6. The number of benzene rings is 1. The van der Waals surface area contributed by atoms with Crippen LogP contribution in [0.5, 0.6) is 0 Å². The van der Waals surface area contributed by atoms with Crippen molar-refractivity contribution in [3.8, 4) is 0 Å². The molecule has 2 aromatic rings. The van der Waals surface area contributed by atoms with Crippen molar-refractivity contribution < 1.29 is 14.3 Å². The molecule has 0 radical (unpaired) electrons. The predicted octanol–water partition coefficient (Wildman–Crippen LogP) is 2.09. The van der Waals surface area contributed by atoms with Gasteiger partial charge in [-0.15, -0.1) is 0 Å². The fourth-order valence-electron chi connectivity index (χ4n) is 2.83. The van der Waals surface area contributed by atoms with E-state index in [2.05, 4.69) is 15.6 Å². The smallest absolute Gasteiger partial charge is 0.255 e. The summed E-state index contributed by atoms with van der Waals surface area (Å²) in [6, 6.07) is 8.66. The minimum atomic E-state index is -0.486. The van der Waals surface area contributed by atoms with Gasteiger partial charge in [-0.2, -0.15) is 0 Å². The number of ether oxygens (including phenoxy) is 1. The van der Waals surface area contributed by atoms with Crippen molar-refractivity contribution >= 4 is 23.2 Å². The zero-order chi connectivity index (χ0) is 18.5. The molecule has 1 aliphatic rings. The van der Waals surface area contributed by atoms with Gasteiger partial charge in [0.2, 0.25) is 0 Å². The molecule has 1 aromatic carbocycles. The predicted molar refractivity (Wildman–Crippen MR) is 98.9 cm³/mol. The van der Waals surface area contributed by atoms with Crippen LogP contribution < -0.4 is 16.4 Å². The van der Waals surface area contributed by atoms with Crippen LogP contribution in [0.3, 0.4) is 0 Å². The number of pyridine rings is 1. The van der Waals surface area contributed by atoms with Crippen LogP contribution in [0.15, 0.2) is 42.7 Å². The number of aromatic nitrogens is 1.